The zero-order chi connectivity index (χ0) is 13.8. The third-order valence-corrected chi connectivity index (χ3v) is 2.32. The van der Waals surface area contributed by atoms with Gasteiger partial charge in [0.15, 0.2) is 0 Å². The number of nitro benzene ring substituents is 1. The van der Waals surface area contributed by atoms with Crippen molar-refractivity contribution >= 4 is 11.7 Å². The summed E-state index contributed by atoms with van der Waals surface area (Å²) < 4.78 is 5.35. The summed E-state index contributed by atoms with van der Waals surface area (Å²) in [4.78, 5) is 21.0. The molecule has 0 saturated carbocycles. The van der Waals surface area contributed by atoms with Crippen LogP contribution >= 0.6 is 0 Å². The number of hydrogen-bond acceptors (Lipinski definition) is 4. The molecule has 19 heavy (non-hydrogen) atoms. The van der Waals surface area contributed by atoms with Crippen LogP contribution in [0.1, 0.15) is 10.4 Å². The molecule has 0 heterocycles. The SMILES string of the molecule is O=C(O)c1ccc(Oc2cc[c]cc2)c([N+](=O)[O-])c1. The number of benzene rings is 2. The number of nitrogens with zero attached hydrogens (tertiary/aromatic N) is 1. The molecule has 95 valence electrons. The van der Waals surface area contributed by atoms with Crippen LogP contribution in [0, 0.1) is 16.2 Å². The molecule has 0 aliphatic heterocycles. The Morgan fingerprint density at radius 3 is 2.53 bits per heavy atom. The average Bonchev–Trinajstić information content (AvgIpc) is 2.39. The van der Waals surface area contributed by atoms with E-state index in [0.29, 0.717) is 5.75 Å². The Kier molecular flexibility index (Phi) is 3.42. The van der Waals surface area contributed by atoms with Crippen molar-refractivity contribution in [1.29, 1.82) is 0 Å². The minimum atomic E-state index is -1.23. The molecular formula is C13H8NO5. The lowest BCUT2D eigenvalue weighted by Crippen LogP contribution is -1.99. The molecule has 0 aliphatic rings. The van der Waals surface area contributed by atoms with E-state index in [4.69, 9.17) is 9.84 Å². The maximum atomic E-state index is 10.9. The monoisotopic (exact) mass is 258 g/mol. The van der Waals surface area contributed by atoms with E-state index in [1.54, 1.807) is 24.3 Å². The summed E-state index contributed by atoms with van der Waals surface area (Å²) in [5, 5.41) is 19.7. The van der Waals surface area contributed by atoms with Crippen molar-refractivity contribution < 1.29 is 19.6 Å². The molecule has 6 heteroatoms. The van der Waals surface area contributed by atoms with Crippen molar-refractivity contribution in [3.63, 3.8) is 0 Å². The van der Waals surface area contributed by atoms with Crippen molar-refractivity contribution in [3.05, 3.63) is 64.2 Å². The van der Waals surface area contributed by atoms with Crippen LogP contribution in [0.2, 0.25) is 0 Å². The maximum Gasteiger partial charge on any atom is 0.335 e. The molecule has 0 bridgehead atoms. The van der Waals surface area contributed by atoms with Gasteiger partial charge in [0.05, 0.1) is 10.5 Å². The fourth-order valence-corrected chi connectivity index (χ4v) is 1.45. The van der Waals surface area contributed by atoms with Gasteiger partial charge in [-0.1, -0.05) is 12.1 Å². The second-order valence-electron chi connectivity index (χ2n) is 3.58. The molecule has 6 nitrogen and oxygen atoms in total. The first-order valence-electron chi connectivity index (χ1n) is 5.23. The van der Waals surface area contributed by atoms with Crippen molar-refractivity contribution in [2.75, 3.05) is 0 Å². The van der Waals surface area contributed by atoms with E-state index in [-0.39, 0.29) is 11.3 Å². The van der Waals surface area contributed by atoms with Crippen LogP contribution in [-0.2, 0) is 0 Å². The normalized spacial score (nSPS) is 9.89. The largest absolute Gasteiger partial charge is 0.478 e. The second-order valence-corrected chi connectivity index (χ2v) is 3.58. The first-order chi connectivity index (χ1) is 9.08. The van der Waals surface area contributed by atoms with Gasteiger partial charge in [-0.05, 0) is 30.3 Å². The van der Waals surface area contributed by atoms with Crippen molar-refractivity contribution in [2.24, 2.45) is 0 Å². The number of aromatic carboxylic acids is 1. The van der Waals surface area contributed by atoms with Gasteiger partial charge in [0.25, 0.3) is 0 Å². The number of carbonyl (C=O) groups is 1. The van der Waals surface area contributed by atoms with E-state index in [2.05, 4.69) is 6.07 Å². The molecule has 0 spiro atoms. The van der Waals surface area contributed by atoms with Gasteiger partial charge >= 0.3 is 11.7 Å². The summed E-state index contributed by atoms with van der Waals surface area (Å²) in [5.41, 5.74) is -0.562. The average molecular weight is 258 g/mol. The third kappa shape index (κ3) is 2.86. The summed E-state index contributed by atoms with van der Waals surface area (Å²) in [7, 11) is 0. The first-order valence-corrected chi connectivity index (χ1v) is 5.23. The second kappa shape index (κ2) is 5.18. The quantitative estimate of drug-likeness (QED) is 0.672. The van der Waals surface area contributed by atoms with Crippen LogP contribution in [0.3, 0.4) is 0 Å². The van der Waals surface area contributed by atoms with E-state index >= 15 is 0 Å². The highest BCUT2D eigenvalue weighted by Gasteiger charge is 2.18. The Hall–Kier alpha value is -2.89. The fraction of sp³-hybridized carbons (Fsp3) is 0. The van der Waals surface area contributed by atoms with Crippen molar-refractivity contribution in [2.45, 2.75) is 0 Å². The number of ether oxygens (including phenoxy) is 1. The van der Waals surface area contributed by atoms with Crippen LogP contribution in [0.15, 0.2) is 42.5 Å². The fourth-order valence-electron chi connectivity index (χ4n) is 1.45. The van der Waals surface area contributed by atoms with Crippen molar-refractivity contribution in [3.8, 4) is 11.5 Å². The highest BCUT2D eigenvalue weighted by Crippen LogP contribution is 2.31. The van der Waals surface area contributed by atoms with Crippen LogP contribution in [-0.4, -0.2) is 16.0 Å². The molecule has 0 aromatic heterocycles. The van der Waals surface area contributed by atoms with Crippen LogP contribution in [0.4, 0.5) is 5.69 Å². The zero-order valence-electron chi connectivity index (χ0n) is 9.57. The molecule has 2 rings (SSSR count). The van der Waals surface area contributed by atoms with Gasteiger partial charge < -0.3 is 9.84 Å². The van der Waals surface area contributed by atoms with E-state index in [0.717, 1.165) is 6.07 Å². The number of carboxylic acids is 1. The molecule has 2 aromatic rings. The molecule has 2 aromatic carbocycles. The first kappa shape index (κ1) is 12.6. The van der Waals surface area contributed by atoms with E-state index in [9.17, 15) is 14.9 Å². The molecule has 0 aliphatic carbocycles. The molecular weight excluding hydrogens is 250 g/mol. The molecule has 0 fully saturated rings. The predicted molar refractivity (Wildman–Crippen MR) is 65.4 cm³/mol. The molecule has 0 saturated heterocycles. The predicted octanol–water partition coefficient (Wildman–Crippen LogP) is 2.89. The van der Waals surface area contributed by atoms with Gasteiger partial charge in [-0.2, -0.15) is 0 Å². The highest BCUT2D eigenvalue weighted by atomic mass is 16.6. The van der Waals surface area contributed by atoms with Gasteiger partial charge in [0, 0.05) is 6.07 Å². The molecule has 0 atom stereocenters. The van der Waals surface area contributed by atoms with Gasteiger partial charge in [-0.25, -0.2) is 4.79 Å². The molecule has 0 unspecified atom stereocenters. The summed E-state index contributed by atoms with van der Waals surface area (Å²) in [6, 6.07) is 12.7. The number of hydrogen-bond donors (Lipinski definition) is 1. The Balaban J connectivity index is 2.40. The number of nitro groups is 1. The van der Waals surface area contributed by atoms with E-state index < -0.39 is 16.6 Å². The smallest absolute Gasteiger partial charge is 0.335 e. The summed E-state index contributed by atoms with van der Waals surface area (Å²) in [6.45, 7) is 0. The molecule has 1 radical (unpaired) electrons. The highest BCUT2D eigenvalue weighted by molar-refractivity contribution is 5.88. The topological polar surface area (TPSA) is 89.7 Å². The summed E-state index contributed by atoms with van der Waals surface area (Å²) >= 11 is 0. The Labute approximate surface area is 108 Å². The summed E-state index contributed by atoms with van der Waals surface area (Å²) in [5.74, 6) is -0.838. The Morgan fingerprint density at radius 2 is 1.95 bits per heavy atom. The number of carboxylic acid groups (broad SMARTS) is 1. The molecule has 1 N–H and O–H groups in total. The Morgan fingerprint density at radius 1 is 1.26 bits per heavy atom. The van der Waals surface area contributed by atoms with Crippen LogP contribution in [0.25, 0.3) is 0 Å². The lowest BCUT2D eigenvalue weighted by atomic mass is 10.2. The Bertz CT molecular complexity index is 624. The number of rotatable bonds is 4. The standard InChI is InChI=1S/C13H8NO5/c15-13(16)9-6-7-12(11(8-9)14(17)18)19-10-4-2-1-3-5-10/h2-8H,(H,15,16). The van der Waals surface area contributed by atoms with Gasteiger partial charge in [0.1, 0.15) is 5.75 Å². The lowest BCUT2D eigenvalue weighted by molar-refractivity contribution is -0.385. The van der Waals surface area contributed by atoms with Gasteiger partial charge in [0.2, 0.25) is 5.75 Å². The van der Waals surface area contributed by atoms with E-state index in [1.165, 1.54) is 12.1 Å². The van der Waals surface area contributed by atoms with E-state index in [1.807, 2.05) is 0 Å². The van der Waals surface area contributed by atoms with Gasteiger partial charge in [-0.3, -0.25) is 10.1 Å². The van der Waals surface area contributed by atoms with Crippen molar-refractivity contribution in [1.82, 2.24) is 0 Å². The minimum absolute atomic E-state index is 0.0128. The van der Waals surface area contributed by atoms with Crippen LogP contribution < -0.4 is 4.74 Å². The zero-order valence-corrected chi connectivity index (χ0v) is 9.57. The molecule has 0 amide bonds. The minimum Gasteiger partial charge on any atom is -0.478 e. The summed E-state index contributed by atoms with van der Waals surface area (Å²) in [6.07, 6.45) is 0. The van der Waals surface area contributed by atoms with Gasteiger partial charge in [-0.15, -0.1) is 0 Å². The van der Waals surface area contributed by atoms with Crippen LogP contribution in [0.5, 0.6) is 11.5 Å². The maximum absolute atomic E-state index is 10.9. The lowest BCUT2D eigenvalue weighted by Gasteiger charge is -2.06. The third-order valence-electron chi connectivity index (χ3n) is 2.32.